The second-order valence-electron chi connectivity index (χ2n) is 5.52. The first-order valence-corrected chi connectivity index (χ1v) is 7.49. The molecule has 2 aliphatic carbocycles. The highest BCUT2D eigenvalue weighted by molar-refractivity contribution is 7.79. The SMILES string of the molecule is CN(C)C1CCCC2C1CCCC2S(=O)[O-]. The molecule has 2 aliphatic rings. The van der Waals surface area contributed by atoms with E-state index in [2.05, 4.69) is 19.0 Å². The molecule has 16 heavy (non-hydrogen) atoms. The fraction of sp³-hybridized carbons (Fsp3) is 1.00. The van der Waals surface area contributed by atoms with Crippen LogP contribution < -0.4 is 0 Å². The Balaban J connectivity index is 2.14. The summed E-state index contributed by atoms with van der Waals surface area (Å²) < 4.78 is 22.5. The molecule has 0 aromatic carbocycles. The Labute approximate surface area is 101 Å². The lowest BCUT2D eigenvalue weighted by molar-refractivity contribution is 0.0712. The first-order chi connectivity index (χ1) is 7.61. The predicted molar refractivity (Wildman–Crippen MR) is 64.9 cm³/mol. The quantitative estimate of drug-likeness (QED) is 0.695. The van der Waals surface area contributed by atoms with Crippen molar-refractivity contribution in [2.75, 3.05) is 14.1 Å². The van der Waals surface area contributed by atoms with Crippen LogP contribution in [0.2, 0.25) is 0 Å². The lowest BCUT2D eigenvalue weighted by atomic mass is 9.68. The number of fused-ring (bicyclic) bond motifs is 1. The molecule has 94 valence electrons. The van der Waals surface area contributed by atoms with E-state index < -0.39 is 11.1 Å². The Morgan fingerprint density at radius 3 is 2.31 bits per heavy atom. The van der Waals surface area contributed by atoms with E-state index in [-0.39, 0.29) is 5.25 Å². The zero-order valence-electron chi connectivity index (χ0n) is 10.2. The Kier molecular flexibility index (Phi) is 4.03. The highest BCUT2D eigenvalue weighted by atomic mass is 32.2. The third kappa shape index (κ3) is 2.34. The van der Waals surface area contributed by atoms with Crippen LogP contribution in [0.4, 0.5) is 0 Å². The molecule has 5 unspecified atom stereocenters. The summed E-state index contributed by atoms with van der Waals surface area (Å²) in [7, 11) is 4.26. The van der Waals surface area contributed by atoms with Gasteiger partial charge in [0.15, 0.2) is 0 Å². The van der Waals surface area contributed by atoms with Crippen LogP contribution in [0.5, 0.6) is 0 Å². The van der Waals surface area contributed by atoms with Crippen LogP contribution in [0.15, 0.2) is 0 Å². The zero-order chi connectivity index (χ0) is 11.7. The van der Waals surface area contributed by atoms with Gasteiger partial charge in [-0.2, -0.15) is 0 Å². The van der Waals surface area contributed by atoms with Crippen molar-refractivity contribution in [2.24, 2.45) is 11.8 Å². The molecule has 0 radical (unpaired) electrons. The summed E-state index contributed by atoms with van der Waals surface area (Å²) in [6, 6.07) is 0.602. The molecule has 4 heteroatoms. The normalized spacial score (nSPS) is 41.8. The van der Waals surface area contributed by atoms with Gasteiger partial charge in [0.25, 0.3) is 0 Å². The molecule has 3 nitrogen and oxygen atoms in total. The van der Waals surface area contributed by atoms with E-state index in [1.807, 2.05) is 0 Å². The molecule has 2 fully saturated rings. The van der Waals surface area contributed by atoms with E-state index in [1.165, 1.54) is 19.3 Å². The Hall–Kier alpha value is 0.0700. The van der Waals surface area contributed by atoms with E-state index in [9.17, 15) is 8.76 Å². The van der Waals surface area contributed by atoms with E-state index in [1.54, 1.807) is 0 Å². The van der Waals surface area contributed by atoms with Crippen LogP contribution >= 0.6 is 0 Å². The molecule has 0 aromatic rings. The monoisotopic (exact) mass is 244 g/mol. The maximum atomic E-state index is 11.3. The Morgan fingerprint density at radius 2 is 1.69 bits per heavy atom. The van der Waals surface area contributed by atoms with Crippen LogP contribution in [0.3, 0.4) is 0 Å². The summed E-state index contributed by atoms with van der Waals surface area (Å²) in [6.07, 6.45) is 6.75. The molecule has 2 saturated carbocycles. The standard InChI is InChI=1S/C12H23NO2S/c1-13(2)11-7-3-6-10-9(11)5-4-8-12(10)16(14)15/h9-12H,3-8H2,1-2H3,(H,14,15)/p-1. The number of rotatable bonds is 2. The van der Waals surface area contributed by atoms with Gasteiger partial charge in [0, 0.05) is 11.3 Å². The molecule has 0 aliphatic heterocycles. The van der Waals surface area contributed by atoms with Gasteiger partial charge in [-0.05, 0) is 51.6 Å². The summed E-state index contributed by atoms with van der Waals surface area (Å²) in [4.78, 5) is 2.30. The van der Waals surface area contributed by atoms with Crippen LogP contribution in [0.25, 0.3) is 0 Å². The molecule has 0 N–H and O–H groups in total. The smallest absolute Gasteiger partial charge is 0.0247 e. The third-order valence-corrected chi connectivity index (χ3v) is 5.58. The summed E-state index contributed by atoms with van der Waals surface area (Å²) in [5, 5.41) is -0.0681. The van der Waals surface area contributed by atoms with Gasteiger partial charge in [0.05, 0.1) is 0 Å². The average Bonchev–Trinajstić information content (AvgIpc) is 2.27. The number of nitrogens with zero attached hydrogens (tertiary/aromatic N) is 1. The third-order valence-electron chi connectivity index (χ3n) is 4.50. The Bertz CT molecular complexity index is 270. The van der Waals surface area contributed by atoms with Crippen LogP contribution in [0, 0.1) is 11.8 Å². The van der Waals surface area contributed by atoms with Crippen LogP contribution in [-0.2, 0) is 11.1 Å². The van der Waals surface area contributed by atoms with E-state index in [0.29, 0.717) is 17.9 Å². The lowest BCUT2D eigenvalue weighted by Gasteiger charge is -2.48. The summed E-state index contributed by atoms with van der Waals surface area (Å²) in [6.45, 7) is 0. The van der Waals surface area contributed by atoms with Gasteiger partial charge in [0.1, 0.15) is 0 Å². The van der Waals surface area contributed by atoms with Crippen LogP contribution in [-0.4, -0.2) is 39.0 Å². The van der Waals surface area contributed by atoms with Crippen molar-refractivity contribution in [3.8, 4) is 0 Å². The molecule has 2 rings (SSSR count). The molecular weight excluding hydrogens is 222 g/mol. The second kappa shape index (κ2) is 5.15. The molecule has 0 amide bonds. The molecule has 5 atom stereocenters. The van der Waals surface area contributed by atoms with Gasteiger partial charge in [-0.15, -0.1) is 0 Å². The minimum absolute atomic E-state index is 0.0681. The maximum Gasteiger partial charge on any atom is 0.0247 e. The van der Waals surface area contributed by atoms with Crippen molar-refractivity contribution in [3.63, 3.8) is 0 Å². The van der Waals surface area contributed by atoms with Crippen molar-refractivity contribution in [3.05, 3.63) is 0 Å². The van der Waals surface area contributed by atoms with Crippen molar-refractivity contribution in [1.82, 2.24) is 4.90 Å². The van der Waals surface area contributed by atoms with E-state index >= 15 is 0 Å². The van der Waals surface area contributed by atoms with Crippen LogP contribution in [0.1, 0.15) is 38.5 Å². The summed E-state index contributed by atoms with van der Waals surface area (Å²) in [5.41, 5.74) is 0. The fourth-order valence-electron chi connectivity index (χ4n) is 3.79. The molecule has 0 spiro atoms. The minimum atomic E-state index is -1.87. The van der Waals surface area contributed by atoms with Gasteiger partial charge in [-0.25, -0.2) is 0 Å². The van der Waals surface area contributed by atoms with E-state index in [4.69, 9.17) is 0 Å². The largest absolute Gasteiger partial charge is 0.772 e. The number of hydrogen-bond acceptors (Lipinski definition) is 3. The fourth-order valence-corrected chi connectivity index (χ4v) is 4.78. The van der Waals surface area contributed by atoms with Crippen molar-refractivity contribution in [2.45, 2.75) is 49.8 Å². The highest BCUT2D eigenvalue weighted by Gasteiger charge is 2.41. The number of hydrogen-bond donors (Lipinski definition) is 0. The minimum Gasteiger partial charge on any atom is -0.772 e. The summed E-state index contributed by atoms with van der Waals surface area (Å²) >= 11 is -1.87. The van der Waals surface area contributed by atoms with Crippen molar-refractivity contribution < 1.29 is 8.76 Å². The molecule has 0 heterocycles. The molecule has 0 saturated heterocycles. The average molecular weight is 244 g/mol. The molecular formula is C12H22NO2S-. The zero-order valence-corrected chi connectivity index (χ0v) is 11.0. The van der Waals surface area contributed by atoms with Gasteiger partial charge in [0.2, 0.25) is 0 Å². The predicted octanol–water partition coefficient (Wildman–Crippen LogP) is 1.76. The van der Waals surface area contributed by atoms with Gasteiger partial charge in [-0.1, -0.05) is 23.9 Å². The first-order valence-electron chi connectivity index (χ1n) is 6.35. The topological polar surface area (TPSA) is 43.4 Å². The maximum absolute atomic E-state index is 11.3. The first kappa shape index (κ1) is 12.5. The van der Waals surface area contributed by atoms with Gasteiger partial charge in [-0.3, -0.25) is 4.21 Å². The molecule has 0 bridgehead atoms. The van der Waals surface area contributed by atoms with Gasteiger partial charge >= 0.3 is 0 Å². The van der Waals surface area contributed by atoms with Crippen molar-refractivity contribution >= 4 is 11.1 Å². The highest BCUT2D eigenvalue weighted by Crippen LogP contribution is 2.43. The van der Waals surface area contributed by atoms with E-state index in [0.717, 1.165) is 19.3 Å². The second-order valence-corrected chi connectivity index (χ2v) is 6.65. The lowest BCUT2D eigenvalue weighted by Crippen LogP contribution is -2.48. The summed E-state index contributed by atoms with van der Waals surface area (Å²) in [5.74, 6) is 1.04. The Morgan fingerprint density at radius 1 is 1.06 bits per heavy atom. The van der Waals surface area contributed by atoms with Gasteiger partial charge < -0.3 is 9.45 Å². The molecule has 0 aromatic heterocycles. The van der Waals surface area contributed by atoms with Crippen molar-refractivity contribution in [1.29, 1.82) is 0 Å².